The van der Waals surface area contributed by atoms with Crippen LogP contribution >= 0.6 is 0 Å². The Morgan fingerprint density at radius 2 is 2.06 bits per heavy atom. The van der Waals surface area contributed by atoms with Crippen LogP contribution in [0.5, 0.6) is 0 Å². The molecule has 94 valence electrons. The van der Waals surface area contributed by atoms with Gasteiger partial charge in [-0.15, -0.1) is 0 Å². The van der Waals surface area contributed by atoms with E-state index in [9.17, 15) is 14.4 Å². The third-order valence-electron chi connectivity index (χ3n) is 2.99. The maximum absolute atomic E-state index is 11.8. The normalized spacial score (nSPS) is 13.9. The van der Waals surface area contributed by atoms with Crippen LogP contribution in [0.15, 0.2) is 18.2 Å². The molecule has 1 aromatic carbocycles. The summed E-state index contributed by atoms with van der Waals surface area (Å²) in [4.78, 5) is 35.3. The number of benzene rings is 1. The van der Waals surface area contributed by atoms with Crippen molar-refractivity contribution in [3.8, 4) is 0 Å². The summed E-state index contributed by atoms with van der Waals surface area (Å²) in [6.45, 7) is 1.99. The molecule has 0 saturated carbocycles. The Morgan fingerprint density at radius 3 is 2.67 bits per heavy atom. The van der Waals surface area contributed by atoms with Gasteiger partial charge in [0.2, 0.25) is 0 Å². The molecule has 18 heavy (non-hydrogen) atoms. The molecule has 0 unspecified atom stereocenters. The van der Waals surface area contributed by atoms with E-state index in [1.165, 1.54) is 4.90 Å². The van der Waals surface area contributed by atoms with E-state index in [-0.39, 0.29) is 13.0 Å². The number of anilines is 1. The Morgan fingerprint density at radius 1 is 1.33 bits per heavy atom. The molecule has 1 aliphatic rings. The van der Waals surface area contributed by atoms with Crippen LogP contribution in [0.2, 0.25) is 0 Å². The third kappa shape index (κ3) is 1.99. The van der Waals surface area contributed by atoms with E-state index in [1.807, 2.05) is 13.0 Å². The molecule has 0 saturated heterocycles. The maximum atomic E-state index is 11.8. The van der Waals surface area contributed by atoms with Gasteiger partial charge < -0.3 is 10.0 Å². The number of fused-ring (bicyclic) bond motifs is 1. The van der Waals surface area contributed by atoms with Crippen molar-refractivity contribution in [2.45, 2.75) is 19.8 Å². The minimum Gasteiger partial charge on any atom is -0.481 e. The van der Waals surface area contributed by atoms with Crippen LogP contribution in [0.25, 0.3) is 0 Å². The number of amides is 1. The van der Waals surface area contributed by atoms with Gasteiger partial charge in [0, 0.05) is 6.54 Å². The van der Waals surface area contributed by atoms with Crippen LogP contribution in [0, 0.1) is 0 Å². The zero-order valence-corrected chi connectivity index (χ0v) is 9.97. The Labute approximate surface area is 104 Å². The molecule has 0 aromatic heterocycles. The number of hydrogen-bond acceptors (Lipinski definition) is 3. The number of rotatable bonds is 4. The van der Waals surface area contributed by atoms with Gasteiger partial charge in [-0.3, -0.25) is 14.4 Å². The molecular formula is C13H13NO4. The smallest absolute Gasteiger partial charge is 0.305 e. The molecule has 0 radical (unpaired) electrons. The number of carbonyl (C=O) groups excluding carboxylic acids is 2. The summed E-state index contributed by atoms with van der Waals surface area (Å²) in [5.41, 5.74) is 1.88. The highest BCUT2D eigenvalue weighted by atomic mass is 16.4. The van der Waals surface area contributed by atoms with Gasteiger partial charge in [0.25, 0.3) is 11.7 Å². The number of hydrogen-bond donors (Lipinski definition) is 1. The highest BCUT2D eigenvalue weighted by Crippen LogP contribution is 2.29. The zero-order chi connectivity index (χ0) is 13.3. The zero-order valence-electron chi connectivity index (χ0n) is 9.97. The van der Waals surface area contributed by atoms with E-state index < -0.39 is 17.7 Å². The number of nitrogens with zero attached hydrogens (tertiary/aromatic N) is 1. The van der Waals surface area contributed by atoms with Crippen molar-refractivity contribution in [2.24, 2.45) is 0 Å². The second-order valence-electron chi connectivity index (χ2n) is 4.13. The van der Waals surface area contributed by atoms with Gasteiger partial charge in [-0.1, -0.05) is 13.0 Å². The average molecular weight is 247 g/mol. The predicted molar refractivity (Wildman–Crippen MR) is 64.8 cm³/mol. The lowest BCUT2D eigenvalue weighted by Crippen LogP contribution is -2.31. The van der Waals surface area contributed by atoms with Crippen molar-refractivity contribution in [1.29, 1.82) is 0 Å². The fourth-order valence-corrected chi connectivity index (χ4v) is 2.00. The van der Waals surface area contributed by atoms with E-state index in [0.717, 1.165) is 12.0 Å². The van der Waals surface area contributed by atoms with Crippen LogP contribution in [-0.2, 0) is 16.0 Å². The Hall–Kier alpha value is -2.17. The topological polar surface area (TPSA) is 74.7 Å². The van der Waals surface area contributed by atoms with Crippen LogP contribution < -0.4 is 4.90 Å². The first-order chi connectivity index (χ1) is 8.54. The number of carbonyl (C=O) groups is 3. The maximum Gasteiger partial charge on any atom is 0.305 e. The van der Waals surface area contributed by atoms with Gasteiger partial charge in [0.1, 0.15) is 0 Å². The molecule has 0 fully saturated rings. The lowest BCUT2D eigenvalue weighted by Gasteiger charge is -2.15. The molecule has 0 atom stereocenters. The van der Waals surface area contributed by atoms with Gasteiger partial charge >= 0.3 is 5.97 Å². The summed E-state index contributed by atoms with van der Waals surface area (Å²) in [5.74, 6) is -2.18. The number of aryl methyl sites for hydroxylation is 1. The minimum atomic E-state index is -0.992. The summed E-state index contributed by atoms with van der Waals surface area (Å²) in [6, 6.07) is 5.26. The number of Topliss-reactive ketones (excluding diaryl/α,β-unsaturated/α-hetero) is 1. The first kappa shape index (κ1) is 12.3. The highest BCUT2D eigenvalue weighted by Gasteiger charge is 2.35. The first-order valence-electron chi connectivity index (χ1n) is 5.75. The van der Waals surface area contributed by atoms with Crippen molar-refractivity contribution < 1.29 is 19.5 Å². The predicted octanol–water partition coefficient (Wildman–Crippen LogP) is 1.25. The van der Waals surface area contributed by atoms with Crippen molar-refractivity contribution in [2.75, 3.05) is 11.4 Å². The molecule has 0 aliphatic carbocycles. The fourth-order valence-electron chi connectivity index (χ4n) is 2.00. The van der Waals surface area contributed by atoms with Gasteiger partial charge in [-0.25, -0.2) is 0 Å². The Bertz CT molecular complexity index is 536. The SMILES string of the molecule is CCc1ccc2c(c1)C(=O)C(=O)N2CCC(=O)O. The van der Waals surface area contributed by atoms with Gasteiger partial charge in [0.15, 0.2) is 0 Å². The molecule has 5 heteroatoms. The summed E-state index contributed by atoms with van der Waals surface area (Å²) < 4.78 is 0. The van der Waals surface area contributed by atoms with Crippen LogP contribution in [0.4, 0.5) is 5.69 Å². The van der Waals surface area contributed by atoms with Crippen LogP contribution in [0.3, 0.4) is 0 Å². The van der Waals surface area contributed by atoms with Gasteiger partial charge in [-0.05, 0) is 24.1 Å². The summed E-state index contributed by atoms with van der Waals surface area (Å²) in [5, 5.41) is 8.63. The van der Waals surface area contributed by atoms with E-state index in [2.05, 4.69) is 0 Å². The van der Waals surface area contributed by atoms with E-state index in [4.69, 9.17) is 5.11 Å². The molecule has 0 spiro atoms. The lowest BCUT2D eigenvalue weighted by atomic mass is 10.1. The van der Waals surface area contributed by atoms with Gasteiger partial charge in [0.05, 0.1) is 17.7 Å². The molecular weight excluding hydrogens is 234 g/mol. The molecule has 5 nitrogen and oxygen atoms in total. The van der Waals surface area contributed by atoms with E-state index >= 15 is 0 Å². The summed E-state index contributed by atoms with van der Waals surface area (Å²) in [6.07, 6.45) is 0.609. The van der Waals surface area contributed by atoms with Crippen molar-refractivity contribution >= 4 is 23.3 Å². The van der Waals surface area contributed by atoms with Crippen molar-refractivity contribution in [1.82, 2.24) is 0 Å². The Balaban J connectivity index is 2.34. The molecule has 1 aromatic rings. The molecule has 0 bridgehead atoms. The van der Waals surface area contributed by atoms with Crippen LogP contribution in [-0.4, -0.2) is 29.3 Å². The number of carboxylic acids is 1. The molecule has 1 N–H and O–H groups in total. The monoisotopic (exact) mass is 247 g/mol. The largest absolute Gasteiger partial charge is 0.481 e. The summed E-state index contributed by atoms with van der Waals surface area (Å²) >= 11 is 0. The molecule has 1 amide bonds. The highest BCUT2D eigenvalue weighted by molar-refractivity contribution is 6.52. The third-order valence-corrected chi connectivity index (χ3v) is 2.99. The minimum absolute atomic E-state index is 0.0262. The molecule has 1 heterocycles. The number of carboxylic acid groups (broad SMARTS) is 1. The standard InChI is InChI=1S/C13H13NO4/c1-2-8-3-4-10-9(7-8)12(17)13(18)14(10)6-5-11(15)16/h3-4,7H,2,5-6H2,1H3,(H,15,16). The van der Waals surface area contributed by atoms with E-state index in [1.54, 1.807) is 12.1 Å². The van der Waals surface area contributed by atoms with Crippen molar-refractivity contribution in [3.63, 3.8) is 0 Å². The Kier molecular flexibility index (Phi) is 3.14. The molecule has 2 rings (SSSR count). The molecule has 1 aliphatic heterocycles. The fraction of sp³-hybridized carbons (Fsp3) is 0.308. The second kappa shape index (κ2) is 4.60. The number of aliphatic carboxylic acids is 1. The van der Waals surface area contributed by atoms with Gasteiger partial charge in [-0.2, -0.15) is 0 Å². The lowest BCUT2D eigenvalue weighted by molar-refractivity contribution is -0.136. The average Bonchev–Trinajstić information content (AvgIpc) is 2.59. The first-order valence-corrected chi connectivity index (χ1v) is 5.75. The van der Waals surface area contributed by atoms with Crippen LogP contribution in [0.1, 0.15) is 29.3 Å². The van der Waals surface area contributed by atoms with E-state index in [0.29, 0.717) is 11.3 Å². The number of ketones is 1. The summed E-state index contributed by atoms with van der Waals surface area (Å²) in [7, 11) is 0. The quantitative estimate of drug-likeness (QED) is 0.812. The van der Waals surface area contributed by atoms with Crippen molar-refractivity contribution in [3.05, 3.63) is 29.3 Å². The second-order valence-corrected chi connectivity index (χ2v) is 4.13.